The third-order valence-corrected chi connectivity index (χ3v) is 4.12. The Bertz CT molecular complexity index is 470. The Hall–Kier alpha value is -1.54. The van der Waals surface area contributed by atoms with Crippen molar-refractivity contribution in [2.45, 2.75) is 44.9 Å². The van der Waals surface area contributed by atoms with E-state index in [0.29, 0.717) is 5.47 Å². The van der Waals surface area contributed by atoms with Gasteiger partial charge in [-0.05, 0) is 33.2 Å². The second kappa shape index (κ2) is 4.49. The molecular formula is C12H18BNO6. The van der Waals surface area contributed by atoms with Crippen LogP contribution in [0.25, 0.3) is 0 Å². The van der Waals surface area contributed by atoms with Crippen molar-refractivity contribution in [3.05, 3.63) is 11.5 Å². The summed E-state index contributed by atoms with van der Waals surface area (Å²) in [5.74, 6) is -1.21. The fourth-order valence-electron chi connectivity index (χ4n) is 2.18. The molecule has 0 bridgehead atoms. The van der Waals surface area contributed by atoms with E-state index in [1.54, 1.807) is 0 Å². The lowest BCUT2D eigenvalue weighted by atomic mass is 9.78. The fourth-order valence-corrected chi connectivity index (χ4v) is 2.18. The topological polar surface area (TPSA) is 96.3 Å². The first-order valence-electron chi connectivity index (χ1n) is 6.34. The van der Waals surface area contributed by atoms with E-state index in [2.05, 4.69) is 0 Å². The number of hydrogen-bond donors (Lipinski definition) is 2. The summed E-state index contributed by atoms with van der Waals surface area (Å²) >= 11 is 0. The number of nitrogens with zero attached hydrogens (tertiary/aromatic N) is 1. The molecule has 0 spiro atoms. The van der Waals surface area contributed by atoms with Gasteiger partial charge in [-0.25, -0.2) is 9.59 Å². The van der Waals surface area contributed by atoms with E-state index < -0.39 is 36.4 Å². The van der Waals surface area contributed by atoms with Crippen LogP contribution in [0.1, 0.15) is 27.7 Å². The van der Waals surface area contributed by atoms with Crippen LogP contribution in [-0.4, -0.2) is 58.1 Å². The summed E-state index contributed by atoms with van der Waals surface area (Å²) in [6.45, 7) is 7.50. The second-order valence-corrected chi connectivity index (χ2v) is 6.02. The zero-order valence-corrected chi connectivity index (χ0v) is 11.9. The first-order valence-corrected chi connectivity index (χ1v) is 6.34. The lowest BCUT2D eigenvalue weighted by Crippen LogP contribution is -2.41. The monoisotopic (exact) mass is 283 g/mol. The Morgan fingerprint density at radius 1 is 1.25 bits per heavy atom. The molecule has 0 aromatic heterocycles. The van der Waals surface area contributed by atoms with Crippen LogP contribution >= 0.6 is 0 Å². The molecule has 0 aliphatic carbocycles. The van der Waals surface area contributed by atoms with Crippen LogP contribution in [0.15, 0.2) is 11.5 Å². The van der Waals surface area contributed by atoms with Gasteiger partial charge < -0.3 is 19.5 Å². The van der Waals surface area contributed by atoms with Crippen LogP contribution in [0.3, 0.4) is 0 Å². The lowest BCUT2D eigenvalue weighted by Gasteiger charge is -2.32. The standard InChI is InChI=1S/C12H18BNO6/c1-11(2)12(3,4)20-13(19-11)7-5-8(9(15)16)14(6-7)10(17)18/h5,8H,6H2,1-4H3,(H,15,16)(H,17,18)/t8-/m0/s1. The van der Waals surface area contributed by atoms with Crippen LogP contribution in [0.4, 0.5) is 4.79 Å². The highest BCUT2D eigenvalue weighted by molar-refractivity contribution is 6.55. The van der Waals surface area contributed by atoms with Gasteiger partial charge in [-0.1, -0.05) is 6.08 Å². The van der Waals surface area contributed by atoms with Gasteiger partial charge in [0.05, 0.1) is 11.2 Å². The van der Waals surface area contributed by atoms with Gasteiger partial charge in [0.15, 0.2) is 6.04 Å². The maximum atomic E-state index is 11.1. The van der Waals surface area contributed by atoms with Gasteiger partial charge in [0.2, 0.25) is 0 Å². The summed E-state index contributed by atoms with van der Waals surface area (Å²) in [7, 11) is -0.716. The zero-order chi connectivity index (χ0) is 15.3. The molecule has 2 heterocycles. The van der Waals surface area contributed by atoms with E-state index >= 15 is 0 Å². The third kappa shape index (κ3) is 2.29. The first-order chi connectivity index (χ1) is 9.05. The van der Waals surface area contributed by atoms with E-state index in [0.717, 1.165) is 4.90 Å². The largest absolute Gasteiger partial charge is 0.492 e. The van der Waals surface area contributed by atoms with Crippen molar-refractivity contribution in [1.29, 1.82) is 0 Å². The summed E-state index contributed by atoms with van der Waals surface area (Å²) < 4.78 is 11.6. The van der Waals surface area contributed by atoms with Gasteiger partial charge in [0.1, 0.15) is 0 Å². The van der Waals surface area contributed by atoms with Crippen LogP contribution in [0.5, 0.6) is 0 Å². The molecule has 1 atom stereocenters. The molecule has 0 radical (unpaired) electrons. The second-order valence-electron chi connectivity index (χ2n) is 6.02. The average Bonchev–Trinajstić information content (AvgIpc) is 2.79. The molecular weight excluding hydrogens is 265 g/mol. The molecule has 0 aromatic carbocycles. The molecule has 1 saturated heterocycles. The van der Waals surface area contributed by atoms with Crippen LogP contribution in [-0.2, 0) is 14.1 Å². The SMILES string of the molecule is CC1(C)OB(C2=C[C@@H](C(=O)O)N(C(=O)O)C2)OC1(C)C. The molecule has 20 heavy (non-hydrogen) atoms. The molecule has 2 N–H and O–H groups in total. The average molecular weight is 283 g/mol. The highest BCUT2D eigenvalue weighted by Gasteiger charge is 2.54. The van der Waals surface area contributed by atoms with Crippen LogP contribution in [0.2, 0.25) is 0 Å². The van der Waals surface area contributed by atoms with Crippen molar-refractivity contribution in [3.63, 3.8) is 0 Å². The summed E-state index contributed by atoms with van der Waals surface area (Å²) in [5, 5.41) is 18.1. The highest BCUT2D eigenvalue weighted by Crippen LogP contribution is 2.39. The zero-order valence-electron chi connectivity index (χ0n) is 11.9. The molecule has 1 amide bonds. The maximum absolute atomic E-state index is 11.1. The predicted octanol–water partition coefficient (Wildman–Crippen LogP) is 0.991. The number of rotatable bonds is 2. The number of carboxylic acid groups (broad SMARTS) is 2. The molecule has 8 heteroatoms. The molecule has 0 unspecified atom stereocenters. The fraction of sp³-hybridized carbons (Fsp3) is 0.667. The number of hydrogen-bond acceptors (Lipinski definition) is 4. The van der Waals surface area contributed by atoms with Gasteiger partial charge in [-0.3, -0.25) is 4.90 Å². The van der Waals surface area contributed by atoms with Crippen molar-refractivity contribution in [3.8, 4) is 0 Å². The Kier molecular flexibility index (Phi) is 3.34. The number of amides is 1. The first kappa shape index (κ1) is 14.9. The number of carboxylic acids is 1. The van der Waals surface area contributed by atoms with Gasteiger partial charge in [-0.15, -0.1) is 0 Å². The normalized spacial score (nSPS) is 27.6. The van der Waals surface area contributed by atoms with Crippen molar-refractivity contribution in [1.82, 2.24) is 4.90 Å². The summed E-state index contributed by atoms with van der Waals surface area (Å²) in [5.41, 5.74) is -0.569. The Morgan fingerprint density at radius 3 is 2.10 bits per heavy atom. The Balaban J connectivity index is 2.22. The van der Waals surface area contributed by atoms with Crippen molar-refractivity contribution in [2.75, 3.05) is 6.54 Å². The minimum atomic E-state index is -1.28. The van der Waals surface area contributed by atoms with E-state index in [1.165, 1.54) is 6.08 Å². The minimum Gasteiger partial charge on any atom is -0.479 e. The third-order valence-electron chi connectivity index (χ3n) is 4.12. The summed E-state index contributed by atoms with van der Waals surface area (Å²) in [6.07, 6.45) is 0.110. The molecule has 2 aliphatic heterocycles. The summed E-state index contributed by atoms with van der Waals surface area (Å²) in [4.78, 5) is 23.0. The molecule has 1 fully saturated rings. The Morgan fingerprint density at radius 2 is 1.75 bits per heavy atom. The molecule has 0 saturated carbocycles. The predicted molar refractivity (Wildman–Crippen MR) is 70.3 cm³/mol. The van der Waals surface area contributed by atoms with Crippen LogP contribution in [0, 0.1) is 0 Å². The van der Waals surface area contributed by atoms with Gasteiger partial charge >= 0.3 is 19.2 Å². The molecule has 2 rings (SSSR count). The molecule has 7 nitrogen and oxygen atoms in total. The maximum Gasteiger partial charge on any atom is 0.492 e. The van der Waals surface area contributed by atoms with Crippen molar-refractivity contribution >= 4 is 19.2 Å². The van der Waals surface area contributed by atoms with E-state index in [1.807, 2.05) is 27.7 Å². The minimum absolute atomic E-state index is 0.0247. The quantitative estimate of drug-likeness (QED) is 0.734. The van der Waals surface area contributed by atoms with Crippen molar-refractivity contribution < 1.29 is 29.1 Å². The smallest absolute Gasteiger partial charge is 0.479 e. The number of carbonyl (C=O) groups is 2. The van der Waals surface area contributed by atoms with Gasteiger partial charge in [0.25, 0.3) is 0 Å². The number of aliphatic carboxylic acids is 1. The van der Waals surface area contributed by atoms with Crippen LogP contribution < -0.4 is 0 Å². The van der Waals surface area contributed by atoms with Gasteiger partial charge in [-0.2, -0.15) is 0 Å². The molecule has 110 valence electrons. The Labute approximate surface area is 117 Å². The van der Waals surface area contributed by atoms with E-state index in [4.69, 9.17) is 19.5 Å². The van der Waals surface area contributed by atoms with Crippen molar-refractivity contribution in [2.24, 2.45) is 0 Å². The molecule has 2 aliphatic rings. The van der Waals surface area contributed by atoms with E-state index in [-0.39, 0.29) is 6.54 Å². The molecule has 0 aromatic rings. The van der Waals surface area contributed by atoms with E-state index in [9.17, 15) is 9.59 Å². The van der Waals surface area contributed by atoms with Gasteiger partial charge in [0, 0.05) is 6.54 Å². The summed E-state index contributed by atoms with van der Waals surface area (Å²) in [6, 6.07) is -1.19. The lowest BCUT2D eigenvalue weighted by molar-refractivity contribution is -0.140. The highest BCUT2D eigenvalue weighted by atomic mass is 16.7.